The van der Waals surface area contributed by atoms with Crippen LogP contribution >= 0.6 is 15.9 Å². The van der Waals surface area contributed by atoms with E-state index in [2.05, 4.69) is 21.2 Å². The Morgan fingerprint density at radius 3 is 2.58 bits per heavy atom. The molecule has 0 aromatic heterocycles. The summed E-state index contributed by atoms with van der Waals surface area (Å²) < 4.78 is 6.73. The van der Waals surface area contributed by atoms with Crippen LogP contribution in [0.3, 0.4) is 0 Å². The molecule has 1 heterocycles. The molecule has 122 valence electrons. The number of imide groups is 1. The molecule has 1 aliphatic heterocycles. The lowest BCUT2D eigenvalue weighted by atomic mass is 10.1. The highest BCUT2D eigenvalue weighted by molar-refractivity contribution is 9.10. The van der Waals surface area contributed by atoms with Crippen molar-refractivity contribution < 1.29 is 14.3 Å². The number of hydrogen-bond acceptors (Lipinski definition) is 3. The monoisotopic (exact) mass is 386 g/mol. The molecule has 0 radical (unpaired) electrons. The first-order valence-electron chi connectivity index (χ1n) is 7.31. The number of urea groups is 1. The zero-order chi connectivity index (χ0) is 17.1. The largest absolute Gasteiger partial charge is 0.488 e. The fourth-order valence-electron chi connectivity index (χ4n) is 2.28. The average molecular weight is 387 g/mol. The Hall–Kier alpha value is -2.60. The van der Waals surface area contributed by atoms with Crippen LogP contribution in [0.1, 0.15) is 11.1 Å². The van der Waals surface area contributed by atoms with Crippen molar-refractivity contribution in [1.82, 2.24) is 10.2 Å². The second-order valence-corrected chi connectivity index (χ2v) is 6.22. The summed E-state index contributed by atoms with van der Waals surface area (Å²) in [5.41, 5.74) is 1.98. The number of nitrogens with zero attached hydrogens (tertiary/aromatic N) is 1. The van der Waals surface area contributed by atoms with E-state index in [0.29, 0.717) is 17.9 Å². The quantitative estimate of drug-likeness (QED) is 0.645. The molecule has 1 N–H and O–H groups in total. The molecule has 0 aliphatic carbocycles. The number of ether oxygens (including phenoxy) is 1. The third kappa shape index (κ3) is 3.49. The van der Waals surface area contributed by atoms with Gasteiger partial charge in [-0.05, 0) is 29.8 Å². The SMILES string of the molecule is CN1C(=O)N/C(=C/c2cc(Br)ccc2OCc2ccccc2)C1=O. The third-order valence-electron chi connectivity index (χ3n) is 3.59. The number of carbonyl (C=O) groups is 2. The van der Waals surface area contributed by atoms with Crippen LogP contribution in [-0.2, 0) is 11.4 Å². The highest BCUT2D eigenvalue weighted by Gasteiger charge is 2.30. The first-order valence-corrected chi connectivity index (χ1v) is 8.11. The molecular weight excluding hydrogens is 372 g/mol. The Morgan fingerprint density at radius 1 is 1.17 bits per heavy atom. The third-order valence-corrected chi connectivity index (χ3v) is 4.08. The molecule has 2 aromatic rings. The molecule has 1 fully saturated rings. The molecule has 1 saturated heterocycles. The van der Waals surface area contributed by atoms with E-state index >= 15 is 0 Å². The Kier molecular flexibility index (Phi) is 4.66. The van der Waals surface area contributed by atoms with Gasteiger partial charge in [-0.3, -0.25) is 9.69 Å². The summed E-state index contributed by atoms with van der Waals surface area (Å²) in [5, 5.41) is 2.55. The van der Waals surface area contributed by atoms with Crippen LogP contribution < -0.4 is 10.1 Å². The maximum atomic E-state index is 12.0. The highest BCUT2D eigenvalue weighted by atomic mass is 79.9. The summed E-state index contributed by atoms with van der Waals surface area (Å²) >= 11 is 3.41. The number of rotatable bonds is 4. The van der Waals surface area contributed by atoms with Gasteiger partial charge in [-0.1, -0.05) is 46.3 Å². The van der Waals surface area contributed by atoms with Gasteiger partial charge in [0.25, 0.3) is 5.91 Å². The van der Waals surface area contributed by atoms with Crippen molar-refractivity contribution in [2.45, 2.75) is 6.61 Å². The molecule has 3 amide bonds. The maximum Gasteiger partial charge on any atom is 0.328 e. The zero-order valence-electron chi connectivity index (χ0n) is 13.0. The van der Waals surface area contributed by atoms with Crippen molar-refractivity contribution in [3.63, 3.8) is 0 Å². The highest BCUT2D eigenvalue weighted by Crippen LogP contribution is 2.27. The number of halogens is 1. The Morgan fingerprint density at radius 2 is 1.92 bits per heavy atom. The van der Waals surface area contributed by atoms with E-state index < -0.39 is 6.03 Å². The molecule has 2 aromatic carbocycles. The molecule has 0 saturated carbocycles. The van der Waals surface area contributed by atoms with Crippen LogP contribution in [0.2, 0.25) is 0 Å². The minimum Gasteiger partial charge on any atom is -0.488 e. The van der Waals surface area contributed by atoms with Crippen LogP contribution in [0.5, 0.6) is 5.75 Å². The van der Waals surface area contributed by atoms with Crippen molar-refractivity contribution in [3.8, 4) is 5.75 Å². The van der Waals surface area contributed by atoms with Gasteiger partial charge in [0.05, 0.1) is 0 Å². The molecule has 5 nitrogen and oxygen atoms in total. The standard InChI is InChI=1S/C18H15BrN2O3/c1-21-17(22)15(20-18(21)23)10-13-9-14(19)7-8-16(13)24-11-12-5-3-2-4-6-12/h2-10H,11H2,1H3,(H,20,23)/b15-10+. The predicted octanol–water partition coefficient (Wildman–Crippen LogP) is 3.55. The average Bonchev–Trinajstić information content (AvgIpc) is 2.82. The van der Waals surface area contributed by atoms with Crippen LogP contribution in [0.4, 0.5) is 4.79 Å². The fraction of sp³-hybridized carbons (Fsp3) is 0.111. The van der Waals surface area contributed by atoms with E-state index in [1.807, 2.05) is 48.5 Å². The number of amides is 3. The van der Waals surface area contributed by atoms with E-state index in [-0.39, 0.29) is 11.6 Å². The van der Waals surface area contributed by atoms with Gasteiger partial charge in [0.15, 0.2) is 0 Å². The molecule has 24 heavy (non-hydrogen) atoms. The van der Waals surface area contributed by atoms with Gasteiger partial charge in [0, 0.05) is 17.1 Å². The molecular formula is C18H15BrN2O3. The molecule has 0 bridgehead atoms. The minimum atomic E-state index is -0.437. The number of hydrogen-bond donors (Lipinski definition) is 1. The van der Waals surface area contributed by atoms with Crippen molar-refractivity contribution >= 4 is 33.9 Å². The second kappa shape index (κ2) is 6.88. The Bertz CT molecular complexity index is 818. The summed E-state index contributed by atoms with van der Waals surface area (Å²) in [6.45, 7) is 0.416. The molecule has 0 atom stereocenters. The summed E-state index contributed by atoms with van der Waals surface area (Å²) in [6, 6.07) is 14.9. The summed E-state index contributed by atoms with van der Waals surface area (Å²) in [5.74, 6) is 0.264. The predicted molar refractivity (Wildman–Crippen MR) is 94.2 cm³/mol. The normalized spacial score (nSPS) is 15.8. The van der Waals surface area contributed by atoms with Gasteiger partial charge in [-0.15, -0.1) is 0 Å². The summed E-state index contributed by atoms with van der Waals surface area (Å²) in [6.07, 6.45) is 1.62. The van der Waals surface area contributed by atoms with Gasteiger partial charge >= 0.3 is 6.03 Å². The second-order valence-electron chi connectivity index (χ2n) is 5.31. The van der Waals surface area contributed by atoms with Gasteiger partial charge < -0.3 is 10.1 Å². The number of benzene rings is 2. The molecule has 1 aliphatic rings. The van der Waals surface area contributed by atoms with Gasteiger partial charge in [0.1, 0.15) is 18.1 Å². The van der Waals surface area contributed by atoms with Crippen LogP contribution in [0, 0.1) is 0 Å². The minimum absolute atomic E-state index is 0.227. The van der Waals surface area contributed by atoms with Crippen molar-refractivity contribution in [1.29, 1.82) is 0 Å². The molecule has 0 unspecified atom stereocenters. The van der Waals surface area contributed by atoms with Crippen LogP contribution in [-0.4, -0.2) is 23.9 Å². The lowest BCUT2D eigenvalue weighted by Gasteiger charge is -2.10. The zero-order valence-corrected chi connectivity index (χ0v) is 14.5. The van der Waals surface area contributed by atoms with Crippen molar-refractivity contribution in [2.24, 2.45) is 0 Å². The van der Waals surface area contributed by atoms with Crippen LogP contribution in [0.25, 0.3) is 6.08 Å². The van der Waals surface area contributed by atoms with E-state index in [1.54, 1.807) is 6.08 Å². The maximum absolute atomic E-state index is 12.0. The van der Waals surface area contributed by atoms with E-state index in [1.165, 1.54) is 7.05 Å². The molecule has 6 heteroatoms. The molecule has 0 spiro atoms. The van der Waals surface area contributed by atoms with Gasteiger partial charge in [-0.25, -0.2) is 4.79 Å². The topological polar surface area (TPSA) is 58.6 Å². The smallest absolute Gasteiger partial charge is 0.328 e. The first kappa shape index (κ1) is 16.3. The number of carbonyl (C=O) groups excluding carboxylic acids is 2. The van der Waals surface area contributed by atoms with E-state index in [0.717, 1.165) is 14.9 Å². The summed E-state index contributed by atoms with van der Waals surface area (Å²) in [7, 11) is 1.44. The summed E-state index contributed by atoms with van der Waals surface area (Å²) in [4.78, 5) is 24.6. The van der Waals surface area contributed by atoms with Crippen molar-refractivity contribution in [2.75, 3.05) is 7.05 Å². The number of nitrogens with one attached hydrogen (secondary N) is 1. The van der Waals surface area contributed by atoms with E-state index in [4.69, 9.17) is 4.74 Å². The van der Waals surface area contributed by atoms with E-state index in [9.17, 15) is 9.59 Å². The Labute approximate surface area is 148 Å². The fourth-order valence-corrected chi connectivity index (χ4v) is 2.66. The van der Waals surface area contributed by atoms with Crippen molar-refractivity contribution in [3.05, 3.63) is 69.8 Å². The lowest BCUT2D eigenvalue weighted by Crippen LogP contribution is -2.25. The Balaban J connectivity index is 1.86. The first-order chi connectivity index (χ1) is 11.5. The van der Waals surface area contributed by atoms with Gasteiger partial charge in [-0.2, -0.15) is 0 Å². The number of likely N-dealkylation sites (N-methyl/N-ethyl adjacent to an activating group) is 1. The van der Waals surface area contributed by atoms with Gasteiger partial charge in [0.2, 0.25) is 0 Å². The lowest BCUT2D eigenvalue weighted by molar-refractivity contribution is -0.121. The van der Waals surface area contributed by atoms with Crippen LogP contribution in [0.15, 0.2) is 58.7 Å². The molecule has 3 rings (SSSR count).